The van der Waals surface area contributed by atoms with E-state index in [1.54, 1.807) is 0 Å². The largest absolute Gasteiger partial charge is 0.385 e. The molecule has 0 amide bonds. The molecule has 3 saturated carbocycles. The van der Waals surface area contributed by atoms with E-state index in [2.05, 4.69) is 31.9 Å². The molecule has 2 nitrogen and oxygen atoms in total. The molecular formula is C21H28O2. The highest BCUT2D eigenvalue weighted by atomic mass is 16.3. The Morgan fingerprint density at radius 2 is 1.91 bits per heavy atom. The van der Waals surface area contributed by atoms with Crippen molar-refractivity contribution in [1.82, 2.24) is 0 Å². The lowest BCUT2D eigenvalue weighted by Crippen LogP contribution is -2.54. The van der Waals surface area contributed by atoms with Gasteiger partial charge in [0.05, 0.1) is 6.10 Å². The Morgan fingerprint density at radius 3 is 2.65 bits per heavy atom. The summed E-state index contributed by atoms with van der Waals surface area (Å²) in [7, 11) is 0. The van der Waals surface area contributed by atoms with Crippen molar-refractivity contribution in [2.45, 2.75) is 64.1 Å². The number of aliphatic hydroxyl groups excluding tert-OH is 1. The zero-order valence-electron chi connectivity index (χ0n) is 14.3. The average Bonchev–Trinajstić information content (AvgIpc) is 2.80. The van der Waals surface area contributed by atoms with Crippen molar-refractivity contribution in [2.75, 3.05) is 0 Å². The normalized spacial score (nSPS) is 54.5. The van der Waals surface area contributed by atoms with Crippen LogP contribution in [0, 0.1) is 40.9 Å². The Hall–Kier alpha value is -1.04. The van der Waals surface area contributed by atoms with Gasteiger partial charge >= 0.3 is 0 Å². The highest BCUT2D eigenvalue weighted by Crippen LogP contribution is 2.66. The van der Waals surface area contributed by atoms with Gasteiger partial charge in [0, 0.05) is 10.8 Å². The van der Waals surface area contributed by atoms with Crippen molar-refractivity contribution < 1.29 is 10.2 Å². The van der Waals surface area contributed by atoms with Gasteiger partial charge in [-0.15, -0.1) is 6.42 Å². The highest BCUT2D eigenvalue weighted by molar-refractivity contribution is 5.34. The molecular weight excluding hydrogens is 284 g/mol. The molecule has 0 saturated heterocycles. The summed E-state index contributed by atoms with van der Waals surface area (Å²) in [6, 6.07) is 0. The summed E-state index contributed by atoms with van der Waals surface area (Å²) in [6.07, 6.45) is 17.8. The maximum atomic E-state index is 11.0. The highest BCUT2D eigenvalue weighted by Gasteiger charge is 2.63. The van der Waals surface area contributed by atoms with Crippen LogP contribution in [0.4, 0.5) is 0 Å². The standard InChI is InChI=1S/C21H28O2/c1-4-21(23)12-9-18-16-6-5-14-13-15(22)7-10-19(14,2)17(16)8-11-20(18,21)3/h1,7,10,13,15-18,22-23H,5-6,8-9,11-12H2,2-3H3/t15-,16+,17-,18-,19-,20-,21-/m0/s1. The van der Waals surface area contributed by atoms with Gasteiger partial charge < -0.3 is 10.2 Å². The first-order chi connectivity index (χ1) is 10.8. The Kier molecular flexibility index (Phi) is 3.19. The molecule has 4 aliphatic rings. The lowest BCUT2D eigenvalue weighted by Gasteiger charge is -2.57. The van der Waals surface area contributed by atoms with E-state index in [0.29, 0.717) is 17.8 Å². The number of allylic oxidation sites excluding steroid dienone is 2. The topological polar surface area (TPSA) is 40.5 Å². The fourth-order valence-corrected chi connectivity index (χ4v) is 6.57. The van der Waals surface area contributed by atoms with Gasteiger partial charge in [-0.3, -0.25) is 0 Å². The van der Waals surface area contributed by atoms with Crippen LogP contribution in [0.25, 0.3) is 0 Å². The number of hydrogen-bond donors (Lipinski definition) is 2. The number of aliphatic hydroxyl groups is 2. The van der Waals surface area contributed by atoms with Crippen LogP contribution in [0.15, 0.2) is 23.8 Å². The van der Waals surface area contributed by atoms with Crippen molar-refractivity contribution in [3.8, 4) is 12.3 Å². The number of terminal acetylenes is 1. The monoisotopic (exact) mass is 312 g/mol. The maximum Gasteiger partial charge on any atom is 0.130 e. The van der Waals surface area contributed by atoms with Gasteiger partial charge in [0.1, 0.15) is 5.60 Å². The molecule has 4 rings (SSSR count). The Balaban J connectivity index is 1.70. The van der Waals surface area contributed by atoms with Crippen molar-refractivity contribution in [3.05, 3.63) is 23.8 Å². The maximum absolute atomic E-state index is 11.0. The lowest BCUT2D eigenvalue weighted by molar-refractivity contribution is -0.0917. The lowest BCUT2D eigenvalue weighted by atomic mass is 9.47. The minimum absolute atomic E-state index is 0.0837. The quantitative estimate of drug-likeness (QED) is 0.531. The SMILES string of the molecule is C#C[C@]1(O)CC[C@H]2[C@@H]3CCC4=C[C@@H](O)C=C[C@]4(C)[C@H]3CC[C@@]21C. The van der Waals surface area contributed by atoms with E-state index >= 15 is 0 Å². The third-order valence-electron chi connectivity index (χ3n) is 8.05. The fourth-order valence-electron chi connectivity index (χ4n) is 6.57. The zero-order valence-corrected chi connectivity index (χ0v) is 14.3. The van der Waals surface area contributed by atoms with Crippen molar-refractivity contribution in [1.29, 1.82) is 0 Å². The van der Waals surface area contributed by atoms with Crippen LogP contribution in [0.2, 0.25) is 0 Å². The molecule has 0 aromatic rings. The molecule has 0 spiro atoms. The first kappa shape index (κ1) is 15.5. The van der Waals surface area contributed by atoms with E-state index in [1.807, 2.05) is 6.08 Å². The van der Waals surface area contributed by atoms with E-state index < -0.39 is 11.7 Å². The number of rotatable bonds is 0. The molecule has 2 N–H and O–H groups in total. The van der Waals surface area contributed by atoms with Gasteiger partial charge in [-0.2, -0.15) is 0 Å². The van der Waals surface area contributed by atoms with E-state index in [4.69, 9.17) is 6.42 Å². The molecule has 0 aliphatic heterocycles. The van der Waals surface area contributed by atoms with Crippen LogP contribution < -0.4 is 0 Å². The Morgan fingerprint density at radius 1 is 1.17 bits per heavy atom. The predicted octanol–water partition coefficient (Wildman–Crippen LogP) is 3.45. The van der Waals surface area contributed by atoms with E-state index in [1.165, 1.54) is 12.0 Å². The third kappa shape index (κ3) is 1.84. The second kappa shape index (κ2) is 4.74. The molecule has 0 unspecified atom stereocenters. The summed E-state index contributed by atoms with van der Waals surface area (Å²) in [5, 5.41) is 20.9. The van der Waals surface area contributed by atoms with Crippen molar-refractivity contribution in [2.24, 2.45) is 28.6 Å². The first-order valence-electron chi connectivity index (χ1n) is 9.13. The molecule has 23 heavy (non-hydrogen) atoms. The second-order valence-corrected chi connectivity index (χ2v) is 8.74. The molecule has 0 radical (unpaired) electrons. The minimum Gasteiger partial charge on any atom is -0.385 e. The Labute approximate surface area is 139 Å². The van der Waals surface area contributed by atoms with Gasteiger partial charge in [0.15, 0.2) is 0 Å². The van der Waals surface area contributed by atoms with Crippen LogP contribution in [0.1, 0.15) is 52.4 Å². The van der Waals surface area contributed by atoms with Gasteiger partial charge in [-0.25, -0.2) is 0 Å². The number of hydrogen-bond acceptors (Lipinski definition) is 2. The summed E-state index contributed by atoms with van der Waals surface area (Å²) in [5.41, 5.74) is 0.458. The second-order valence-electron chi connectivity index (χ2n) is 8.74. The molecule has 0 aromatic carbocycles. The molecule has 0 heterocycles. The molecule has 4 aliphatic carbocycles. The average molecular weight is 312 g/mol. The summed E-state index contributed by atoms with van der Waals surface area (Å²) in [6.45, 7) is 4.58. The first-order valence-corrected chi connectivity index (χ1v) is 9.13. The number of fused-ring (bicyclic) bond motifs is 5. The van der Waals surface area contributed by atoms with Crippen LogP contribution in [-0.4, -0.2) is 21.9 Å². The summed E-state index contributed by atoms with van der Waals surface area (Å²) in [4.78, 5) is 0. The van der Waals surface area contributed by atoms with Crippen LogP contribution >= 0.6 is 0 Å². The third-order valence-corrected chi connectivity index (χ3v) is 8.05. The molecule has 0 bridgehead atoms. The minimum atomic E-state index is -0.918. The van der Waals surface area contributed by atoms with E-state index in [0.717, 1.165) is 32.1 Å². The molecule has 3 fully saturated rings. The fraction of sp³-hybridized carbons (Fsp3) is 0.714. The van der Waals surface area contributed by atoms with Crippen molar-refractivity contribution >= 4 is 0 Å². The van der Waals surface area contributed by atoms with Crippen LogP contribution in [-0.2, 0) is 0 Å². The molecule has 124 valence electrons. The molecule has 0 aromatic heterocycles. The molecule has 7 atom stereocenters. The summed E-state index contributed by atoms with van der Waals surface area (Å²) >= 11 is 0. The van der Waals surface area contributed by atoms with Gasteiger partial charge in [0.2, 0.25) is 0 Å². The van der Waals surface area contributed by atoms with E-state index in [-0.39, 0.29) is 10.8 Å². The summed E-state index contributed by atoms with van der Waals surface area (Å²) < 4.78 is 0. The molecule has 2 heteroatoms. The van der Waals surface area contributed by atoms with Crippen LogP contribution in [0.3, 0.4) is 0 Å². The Bertz CT molecular complexity index is 626. The zero-order chi connectivity index (χ0) is 16.5. The predicted molar refractivity (Wildman–Crippen MR) is 91.4 cm³/mol. The van der Waals surface area contributed by atoms with E-state index in [9.17, 15) is 10.2 Å². The van der Waals surface area contributed by atoms with Gasteiger partial charge in [0.25, 0.3) is 0 Å². The van der Waals surface area contributed by atoms with Gasteiger partial charge in [-0.05, 0) is 56.3 Å². The van der Waals surface area contributed by atoms with Gasteiger partial charge in [-0.1, -0.05) is 43.6 Å². The van der Waals surface area contributed by atoms with Crippen molar-refractivity contribution in [3.63, 3.8) is 0 Å². The smallest absolute Gasteiger partial charge is 0.130 e. The summed E-state index contributed by atoms with van der Waals surface area (Å²) in [5.74, 6) is 4.53. The van der Waals surface area contributed by atoms with Crippen LogP contribution in [0.5, 0.6) is 0 Å².